The third kappa shape index (κ3) is 9.26. The van der Waals surface area contributed by atoms with E-state index in [-0.39, 0.29) is 42.6 Å². The van der Waals surface area contributed by atoms with Crippen LogP contribution in [0.2, 0.25) is 0 Å². The first-order valence-electron chi connectivity index (χ1n) is 18.1. The summed E-state index contributed by atoms with van der Waals surface area (Å²) >= 11 is 6.83. The average molecular weight is 816 g/mol. The molecule has 0 bridgehead atoms. The topological polar surface area (TPSA) is 131 Å². The molecule has 0 aliphatic carbocycles. The Bertz CT molecular complexity index is 1530. The zero-order valence-electron chi connectivity index (χ0n) is 28.7. The first kappa shape index (κ1) is 36.8. The lowest BCUT2D eigenvalue weighted by molar-refractivity contribution is -0.138. The molecule has 270 valence electrons. The van der Waals surface area contributed by atoms with E-state index in [4.69, 9.17) is 5.73 Å². The van der Waals surface area contributed by atoms with Gasteiger partial charge in [0.15, 0.2) is 5.78 Å². The largest absolute Gasteiger partial charge is 0.397 e. The lowest BCUT2D eigenvalue weighted by Gasteiger charge is -2.39. The van der Waals surface area contributed by atoms with E-state index in [0.717, 1.165) is 50.1 Å². The van der Waals surface area contributed by atoms with E-state index in [1.807, 2.05) is 29.2 Å². The number of fused-ring (bicyclic) bond motifs is 1. The summed E-state index contributed by atoms with van der Waals surface area (Å²) in [5.74, 6) is -0.136. The normalized spacial score (nSPS) is 20.5. The van der Waals surface area contributed by atoms with E-state index in [1.165, 1.54) is 32.4 Å². The Morgan fingerprint density at radius 1 is 0.880 bits per heavy atom. The van der Waals surface area contributed by atoms with Gasteiger partial charge in [-0.15, -0.1) is 0 Å². The molecular weight excluding hydrogens is 766 g/mol. The van der Waals surface area contributed by atoms with Crippen LogP contribution >= 0.6 is 31.9 Å². The molecule has 3 fully saturated rings. The van der Waals surface area contributed by atoms with Gasteiger partial charge in [-0.1, -0.05) is 24.6 Å². The highest BCUT2D eigenvalue weighted by molar-refractivity contribution is 9.11. The molecule has 4 aliphatic heterocycles. The lowest BCUT2D eigenvalue weighted by Crippen LogP contribution is -2.55. The number of benzene rings is 2. The Balaban J connectivity index is 1.07. The van der Waals surface area contributed by atoms with Crippen molar-refractivity contribution in [2.75, 3.05) is 70.0 Å². The zero-order valence-corrected chi connectivity index (χ0v) is 31.9. The predicted molar refractivity (Wildman–Crippen MR) is 202 cm³/mol. The van der Waals surface area contributed by atoms with Gasteiger partial charge in [0.1, 0.15) is 6.04 Å². The number of halogens is 2. The van der Waals surface area contributed by atoms with Gasteiger partial charge in [-0.2, -0.15) is 0 Å². The maximum Gasteiger partial charge on any atom is 0.322 e. The smallest absolute Gasteiger partial charge is 0.322 e. The van der Waals surface area contributed by atoms with Gasteiger partial charge in [0, 0.05) is 58.8 Å². The molecule has 0 spiro atoms. The molecule has 4 aliphatic rings. The summed E-state index contributed by atoms with van der Waals surface area (Å²) in [4.78, 5) is 62.6. The maximum absolute atomic E-state index is 14.1. The number of anilines is 2. The Labute approximate surface area is 311 Å². The summed E-state index contributed by atoms with van der Waals surface area (Å²) in [6.07, 6.45) is 7.86. The number of urea groups is 1. The number of nitrogen functional groups attached to an aromatic ring is 1. The molecule has 0 radical (unpaired) electrons. The number of piperidine rings is 3. The monoisotopic (exact) mass is 813 g/mol. The molecule has 0 aromatic heterocycles. The fraction of sp³-hybridized carbons (Fsp3) is 0.568. The number of likely N-dealkylation sites (tertiary alicyclic amines) is 3. The highest BCUT2D eigenvalue weighted by Crippen LogP contribution is 2.31. The summed E-state index contributed by atoms with van der Waals surface area (Å²) in [7, 11) is 0. The number of nitrogens with two attached hydrogens (primary N) is 1. The summed E-state index contributed by atoms with van der Waals surface area (Å²) < 4.78 is 1.15. The van der Waals surface area contributed by atoms with Gasteiger partial charge in [0.25, 0.3) is 0 Å². The molecule has 2 aromatic carbocycles. The van der Waals surface area contributed by atoms with Crippen LogP contribution in [0.15, 0.2) is 45.3 Å². The quantitative estimate of drug-likeness (QED) is 0.224. The van der Waals surface area contributed by atoms with Gasteiger partial charge >= 0.3 is 6.03 Å². The number of rotatable bonds is 10. The molecule has 4 heterocycles. The Morgan fingerprint density at radius 2 is 1.56 bits per heavy atom. The second-order valence-electron chi connectivity index (χ2n) is 14.3. The summed E-state index contributed by atoms with van der Waals surface area (Å²) in [5, 5.41) is 6.00. The third-order valence-corrected chi connectivity index (χ3v) is 12.1. The highest BCUT2D eigenvalue weighted by atomic mass is 79.9. The second kappa shape index (κ2) is 17.0. The SMILES string of the molecule is Nc1c(Br)cc(C(=O)C[C@H](NC(=O)CN2CCC(CN3CCCCC3)CC2)C(=O)N2CCC(N3CCc4ccccc4NC3=O)CC2)cc1Br. The fourth-order valence-electron chi connectivity index (χ4n) is 7.88. The van der Waals surface area contributed by atoms with Crippen molar-refractivity contribution in [2.45, 2.75) is 69.9 Å². The van der Waals surface area contributed by atoms with Crippen LogP contribution < -0.4 is 16.4 Å². The van der Waals surface area contributed by atoms with Gasteiger partial charge in [-0.05, 0) is 133 Å². The number of Topliss-reactive ketones (excluding diaryl/α,β-unsaturated/α-hetero) is 1. The minimum absolute atomic E-state index is 0.00893. The molecule has 4 N–H and O–H groups in total. The van der Waals surface area contributed by atoms with E-state index < -0.39 is 6.04 Å². The van der Waals surface area contributed by atoms with Crippen molar-refractivity contribution in [3.05, 3.63) is 56.5 Å². The minimum atomic E-state index is -1.01. The van der Waals surface area contributed by atoms with Crippen molar-refractivity contribution in [3.8, 4) is 0 Å². The van der Waals surface area contributed by atoms with Crippen molar-refractivity contribution in [3.63, 3.8) is 0 Å². The number of hydrogen-bond acceptors (Lipinski definition) is 7. The van der Waals surface area contributed by atoms with Crippen molar-refractivity contribution in [1.29, 1.82) is 0 Å². The molecule has 4 amide bonds. The van der Waals surface area contributed by atoms with Crippen LogP contribution in [-0.4, -0.2) is 114 Å². The van der Waals surface area contributed by atoms with Crippen LogP contribution in [0.4, 0.5) is 16.2 Å². The molecule has 50 heavy (non-hydrogen) atoms. The van der Waals surface area contributed by atoms with E-state index in [2.05, 4.69) is 52.3 Å². The third-order valence-electron chi connectivity index (χ3n) is 10.8. The van der Waals surface area contributed by atoms with Crippen LogP contribution in [-0.2, 0) is 16.0 Å². The Kier molecular flexibility index (Phi) is 12.5. The van der Waals surface area contributed by atoms with Gasteiger partial charge in [-0.25, -0.2) is 4.79 Å². The number of ketones is 1. The standard InChI is InChI=1S/C37H49Br2N7O4/c38-29-20-27(21-30(39)35(29)40)33(47)22-32(41-34(48)24-44-15-8-25(9-16-44)23-43-13-4-1-5-14-43)36(49)45-17-11-28(12-18-45)46-19-10-26-6-2-3-7-31(26)42-37(46)50/h2-3,6-7,20-21,25,28,32H,1,4-5,8-19,22-24,40H2,(H,41,48)(H,42,50)/t32-/m0/s1. The summed E-state index contributed by atoms with van der Waals surface area (Å²) in [6, 6.07) is 10.0. The lowest BCUT2D eigenvalue weighted by atomic mass is 9.95. The van der Waals surface area contributed by atoms with Gasteiger partial charge in [0.2, 0.25) is 11.8 Å². The molecule has 6 rings (SSSR count). The van der Waals surface area contributed by atoms with Gasteiger partial charge in [-0.3, -0.25) is 19.3 Å². The Morgan fingerprint density at radius 3 is 2.26 bits per heavy atom. The fourth-order valence-corrected chi connectivity index (χ4v) is 9.07. The minimum Gasteiger partial charge on any atom is -0.397 e. The number of hydrogen-bond donors (Lipinski definition) is 3. The van der Waals surface area contributed by atoms with Crippen molar-refractivity contribution in [2.24, 2.45) is 5.92 Å². The van der Waals surface area contributed by atoms with Crippen LogP contribution in [0.1, 0.15) is 67.3 Å². The molecule has 13 heteroatoms. The van der Waals surface area contributed by atoms with E-state index >= 15 is 0 Å². The molecule has 0 saturated carbocycles. The molecule has 0 unspecified atom stereocenters. The maximum atomic E-state index is 14.1. The average Bonchev–Trinajstić information content (AvgIpc) is 3.29. The van der Waals surface area contributed by atoms with Gasteiger partial charge < -0.3 is 31.1 Å². The number of para-hydroxylation sites is 1. The Hall–Kier alpha value is -3.00. The number of nitrogens with one attached hydrogen (secondary N) is 2. The molecule has 11 nitrogen and oxygen atoms in total. The molecule has 1 atom stereocenters. The number of carbonyl (C=O) groups excluding carboxylic acids is 4. The van der Waals surface area contributed by atoms with E-state index in [9.17, 15) is 19.2 Å². The van der Waals surface area contributed by atoms with Crippen molar-refractivity contribution >= 4 is 66.9 Å². The number of carbonyl (C=O) groups is 4. The molecule has 3 saturated heterocycles. The van der Waals surface area contributed by atoms with Crippen LogP contribution in [0, 0.1) is 5.92 Å². The first-order chi connectivity index (χ1) is 24.1. The molecule has 2 aromatic rings. The van der Waals surface area contributed by atoms with Crippen LogP contribution in [0.5, 0.6) is 0 Å². The van der Waals surface area contributed by atoms with E-state index in [0.29, 0.717) is 58.6 Å². The summed E-state index contributed by atoms with van der Waals surface area (Å²) in [5.41, 5.74) is 8.89. The number of amides is 4. The second-order valence-corrected chi connectivity index (χ2v) is 16.0. The summed E-state index contributed by atoms with van der Waals surface area (Å²) in [6.45, 7) is 6.90. The van der Waals surface area contributed by atoms with Crippen molar-refractivity contribution < 1.29 is 19.2 Å². The highest BCUT2D eigenvalue weighted by Gasteiger charge is 2.35. The van der Waals surface area contributed by atoms with E-state index in [1.54, 1.807) is 17.0 Å². The van der Waals surface area contributed by atoms with Crippen molar-refractivity contribution in [1.82, 2.24) is 24.9 Å². The predicted octanol–water partition coefficient (Wildman–Crippen LogP) is 5.13. The van der Waals surface area contributed by atoms with Gasteiger partial charge in [0.05, 0.1) is 12.2 Å². The molecular formula is C37H49Br2N7O4. The zero-order chi connectivity index (χ0) is 35.2. The van der Waals surface area contributed by atoms with Crippen LogP contribution in [0.3, 0.4) is 0 Å². The van der Waals surface area contributed by atoms with Crippen LogP contribution in [0.25, 0.3) is 0 Å². The first-order valence-corrected chi connectivity index (χ1v) is 19.7. The number of nitrogens with zero attached hydrogens (tertiary/aromatic N) is 4.